The van der Waals surface area contributed by atoms with Crippen molar-refractivity contribution in [2.24, 2.45) is 0 Å². The third-order valence-corrected chi connectivity index (χ3v) is 3.46. The minimum absolute atomic E-state index is 0.0976. The van der Waals surface area contributed by atoms with Gasteiger partial charge in [-0.3, -0.25) is 0 Å². The van der Waals surface area contributed by atoms with Gasteiger partial charge in [0, 0.05) is 13.0 Å². The number of aryl methyl sites for hydroxylation is 1. The lowest BCUT2D eigenvalue weighted by molar-refractivity contribution is -0.159. The smallest absolute Gasteiger partial charge is 0.414 e. The number of aliphatic carboxylic acids is 2. The van der Waals surface area contributed by atoms with Crippen LogP contribution >= 0.6 is 0 Å². The fourth-order valence-corrected chi connectivity index (χ4v) is 2.19. The highest BCUT2D eigenvalue weighted by atomic mass is 16.5. The monoisotopic (exact) mass is 359 g/mol. The maximum Gasteiger partial charge on any atom is 0.414 e. The van der Waals surface area contributed by atoms with Gasteiger partial charge >= 0.3 is 11.9 Å². The maximum atomic E-state index is 9.10. The summed E-state index contributed by atoms with van der Waals surface area (Å²) in [6.07, 6.45) is 1.07. The van der Waals surface area contributed by atoms with E-state index in [9.17, 15) is 0 Å². The highest BCUT2D eigenvalue weighted by Gasteiger charge is 2.13. The number of carboxylic acid groups (broad SMARTS) is 2. The molecule has 0 radical (unpaired) electrons. The molecule has 1 atom stereocenters. The number of hydrogen-bond acceptors (Lipinski definition) is 4. The first-order valence-electron chi connectivity index (χ1n) is 8.18. The average Bonchev–Trinajstić information content (AvgIpc) is 2.59. The van der Waals surface area contributed by atoms with Crippen LogP contribution in [0.5, 0.6) is 5.75 Å². The van der Waals surface area contributed by atoms with Crippen LogP contribution < -0.4 is 4.74 Å². The van der Waals surface area contributed by atoms with Crippen LogP contribution in [-0.2, 0) is 9.59 Å². The van der Waals surface area contributed by atoms with Crippen molar-refractivity contribution in [3.8, 4) is 5.75 Å². The summed E-state index contributed by atoms with van der Waals surface area (Å²) in [5, 5.41) is 14.8. The van der Waals surface area contributed by atoms with Crippen molar-refractivity contribution in [1.29, 1.82) is 0 Å². The Labute approximate surface area is 153 Å². The van der Waals surface area contributed by atoms with Gasteiger partial charge in [-0.15, -0.1) is 0 Å². The molecular weight excluding hydrogens is 334 g/mol. The Balaban J connectivity index is 0.000000487. The Morgan fingerprint density at radius 3 is 2.12 bits per heavy atom. The molecule has 2 rings (SSSR count). The van der Waals surface area contributed by atoms with Crippen LogP contribution in [0.2, 0.25) is 0 Å². The SMILES string of the molecule is Cc1cccc(OC(CCN(C)C)c2ccccc2)c1.O=C(O)C(=O)O. The quantitative estimate of drug-likeness (QED) is 0.770. The topological polar surface area (TPSA) is 87.1 Å². The number of carboxylic acids is 2. The predicted molar refractivity (Wildman–Crippen MR) is 99.4 cm³/mol. The molecule has 6 nitrogen and oxygen atoms in total. The van der Waals surface area contributed by atoms with Gasteiger partial charge in [0.25, 0.3) is 0 Å². The Bertz CT molecular complexity index is 688. The Morgan fingerprint density at radius 1 is 1.00 bits per heavy atom. The summed E-state index contributed by atoms with van der Waals surface area (Å²) in [7, 11) is 4.18. The fourth-order valence-electron chi connectivity index (χ4n) is 2.19. The lowest BCUT2D eigenvalue weighted by Gasteiger charge is -2.21. The number of hydrogen-bond donors (Lipinski definition) is 2. The molecule has 1 unspecified atom stereocenters. The molecule has 0 amide bonds. The first-order valence-corrected chi connectivity index (χ1v) is 8.18. The lowest BCUT2D eigenvalue weighted by Crippen LogP contribution is -2.18. The van der Waals surface area contributed by atoms with E-state index in [1.807, 2.05) is 18.2 Å². The number of carbonyl (C=O) groups is 2. The minimum atomic E-state index is -1.82. The van der Waals surface area contributed by atoms with Crippen molar-refractivity contribution < 1.29 is 24.5 Å². The fraction of sp³-hybridized carbons (Fsp3) is 0.300. The first kappa shape index (κ1) is 21.2. The second-order valence-corrected chi connectivity index (χ2v) is 6.04. The third kappa shape index (κ3) is 8.30. The van der Waals surface area contributed by atoms with Crippen molar-refractivity contribution in [1.82, 2.24) is 4.90 Å². The molecule has 0 aromatic heterocycles. The van der Waals surface area contributed by atoms with Gasteiger partial charge in [-0.2, -0.15) is 0 Å². The van der Waals surface area contributed by atoms with Crippen molar-refractivity contribution in [2.45, 2.75) is 19.4 Å². The van der Waals surface area contributed by atoms with Gasteiger partial charge < -0.3 is 19.8 Å². The molecule has 140 valence electrons. The van der Waals surface area contributed by atoms with Gasteiger partial charge in [-0.05, 0) is 44.3 Å². The van der Waals surface area contributed by atoms with Crippen LogP contribution in [0.25, 0.3) is 0 Å². The summed E-state index contributed by atoms with van der Waals surface area (Å²) in [6.45, 7) is 3.09. The van der Waals surface area contributed by atoms with Gasteiger partial charge in [-0.25, -0.2) is 9.59 Å². The molecule has 0 saturated carbocycles. The second kappa shape index (κ2) is 10.9. The third-order valence-electron chi connectivity index (χ3n) is 3.46. The molecule has 0 aliphatic carbocycles. The van der Waals surface area contributed by atoms with E-state index < -0.39 is 11.9 Å². The van der Waals surface area contributed by atoms with Crippen LogP contribution in [0.1, 0.15) is 23.7 Å². The standard InChI is InChI=1S/C18H23NO.C2H2O4/c1-15-8-7-11-17(14-15)20-18(12-13-19(2)3)16-9-5-4-6-10-16;3-1(4)2(5)6/h4-11,14,18H,12-13H2,1-3H3;(H,3,4)(H,5,6). The van der Waals surface area contributed by atoms with Crippen LogP contribution in [0, 0.1) is 6.92 Å². The number of nitrogens with zero attached hydrogens (tertiary/aromatic N) is 1. The summed E-state index contributed by atoms with van der Waals surface area (Å²) in [5.41, 5.74) is 2.46. The molecule has 0 bridgehead atoms. The molecule has 0 aliphatic rings. The highest BCUT2D eigenvalue weighted by molar-refractivity contribution is 6.27. The minimum Gasteiger partial charge on any atom is -0.486 e. The molecule has 2 aromatic carbocycles. The van der Waals surface area contributed by atoms with E-state index in [4.69, 9.17) is 24.5 Å². The number of ether oxygens (including phenoxy) is 1. The van der Waals surface area contributed by atoms with Gasteiger partial charge in [0.05, 0.1) is 0 Å². The molecule has 0 heterocycles. The molecule has 26 heavy (non-hydrogen) atoms. The van der Waals surface area contributed by atoms with Crippen molar-refractivity contribution >= 4 is 11.9 Å². The zero-order chi connectivity index (χ0) is 19.5. The van der Waals surface area contributed by atoms with E-state index in [-0.39, 0.29) is 6.10 Å². The van der Waals surface area contributed by atoms with E-state index in [2.05, 4.69) is 62.3 Å². The molecule has 6 heteroatoms. The normalized spacial score (nSPS) is 11.2. The van der Waals surface area contributed by atoms with Crippen molar-refractivity contribution in [3.05, 3.63) is 65.7 Å². The zero-order valence-electron chi connectivity index (χ0n) is 15.3. The molecule has 0 fully saturated rings. The van der Waals surface area contributed by atoms with Crippen LogP contribution in [0.15, 0.2) is 54.6 Å². The largest absolute Gasteiger partial charge is 0.486 e. The van der Waals surface area contributed by atoms with Crippen LogP contribution in [0.3, 0.4) is 0 Å². The molecule has 0 saturated heterocycles. The Hall–Kier alpha value is -2.86. The van der Waals surface area contributed by atoms with Gasteiger partial charge in [0.2, 0.25) is 0 Å². The zero-order valence-corrected chi connectivity index (χ0v) is 15.3. The van der Waals surface area contributed by atoms with Gasteiger partial charge in [0.1, 0.15) is 11.9 Å². The summed E-state index contributed by atoms with van der Waals surface area (Å²) < 4.78 is 6.21. The number of rotatable bonds is 6. The maximum absolute atomic E-state index is 9.10. The molecule has 0 spiro atoms. The van der Waals surface area contributed by atoms with E-state index in [0.717, 1.165) is 18.7 Å². The number of benzene rings is 2. The van der Waals surface area contributed by atoms with E-state index in [1.54, 1.807) is 0 Å². The Kier molecular flexibility index (Phi) is 8.87. The molecule has 0 aliphatic heterocycles. The first-order chi connectivity index (χ1) is 12.3. The lowest BCUT2D eigenvalue weighted by atomic mass is 10.1. The molecule has 2 aromatic rings. The molecular formula is C20H25NO5. The summed E-state index contributed by atoms with van der Waals surface area (Å²) in [4.78, 5) is 20.4. The van der Waals surface area contributed by atoms with E-state index >= 15 is 0 Å². The van der Waals surface area contributed by atoms with Crippen molar-refractivity contribution in [3.63, 3.8) is 0 Å². The summed E-state index contributed by atoms with van der Waals surface area (Å²) in [6, 6.07) is 18.7. The van der Waals surface area contributed by atoms with Gasteiger partial charge in [-0.1, -0.05) is 42.5 Å². The van der Waals surface area contributed by atoms with Crippen LogP contribution in [-0.4, -0.2) is 47.7 Å². The predicted octanol–water partition coefficient (Wildman–Crippen LogP) is 3.22. The molecule has 2 N–H and O–H groups in total. The Morgan fingerprint density at radius 2 is 1.62 bits per heavy atom. The van der Waals surface area contributed by atoms with Gasteiger partial charge in [0.15, 0.2) is 0 Å². The average molecular weight is 359 g/mol. The summed E-state index contributed by atoms with van der Waals surface area (Å²) >= 11 is 0. The summed E-state index contributed by atoms with van der Waals surface area (Å²) in [5.74, 6) is -2.71. The second-order valence-electron chi connectivity index (χ2n) is 6.04. The van der Waals surface area contributed by atoms with E-state index in [1.165, 1.54) is 11.1 Å². The highest BCUT2D eigenvalue weighted by Crippen LogP contribution is 2.25. The van der Waals surface area contributed by atoms with Crippen molar-refractivity contribution in [2.75, 3.05) is 20.6 Å². The van der Waals surface area contributed by atoms with Crippen LogP contribution in [0.4, 0.5) is 0 Å². The van der Waals surface area contributed by atoms with E-state index in [0.29, 0.717) is 0 Å².